The number of benzene rings is 1. The zero-order valence-electron chi connectivity index (χ0n) is 9.79. The molecule has 0 radical (unpaired) electrons. The smallest absolute Gasteiger partial charge is 0.273 e. The monoisotopic (exact) mass is 284 g/mol. The summed E-state index contributed by atoms with van der Waals surface area (Å²) in [6.07, 6.45) is 0. The van der Waals surface area contributed by atoms with E-state index in [1.807, 2.05) is 0 Å². The van der Waals surface area contributed by atoms with Crippen LogP contribution in [0.1, 0.15) is 0 Å². The molecular formula is C10H9ClN4O4. The average Bonchev–Trinajstić information content (AvgIpc) is 2.35. The molecule has 1 aromatic carbocycles. The van der Waals surface area contributed by atoms with Crippen LogP contribution in [0.2, 0.25) is 5.02 Å². The largest absolute Gasteiger partial charge is 0.342 e. The second-order valence-corrected chi connectivity index (χ2v) is 4.26. The highest BCUT2D eigenvalue weighted by Crippen LogP contribution is 2.29. The van der Waals surface area contributed by atoms with Crippen molar-refractivity contribution in [2.24, 2.45) is 0 Å². The van der Waals surface area contributed by atoms with Gasteiger partial charge in [-0.25, -0.2) is 10.2 Å². The SMILES string of the molecule is CN1C(=O)CN(c2cc([N+](=O)[O-])ccc2Cl)NC1=O. The van der Waals surface area contributed by atoms with Gasteiger partial charge in [-0.05, 0) is 6.07 Å². The van der Waals surface area contributed by atoms with E-state index in [1.54, 1.807) is 0 Å². The van der Waals surface area contributed by atoms with E-state index in [-0.39, 0.29) is 22.9 Å². The van der Waals surface area contributed by atoms with Gasteiger partial charge >= 0.3 is 6.03 Å². The van der Waals surface area contributed by atoms with Crippen molar-refractivity contribution in [3.8, 4) is 0 Å². The van der Waals surface area contributed by atoms with E-state index in [0.717, 1.165) is 4.90 Å². The molecule has 2 rings (SSSR count). The molecule has 9 heteroatoms. The first kappa shape index (κ1) is 13.1. The average molecular weight is 285 g/mol. The van der Waals surface area contributed by atoms with Crippen molar-refractivity contribution in [2.45, 2.75) is 0 Å². The lowest BCUT2D eigenvalue weighted by Crippen LogP contribution is -2.59. The summed E-state index contributed by atoms with van der Waals surface area (Å²) in [4.78, 5) is 34.1. The Labute approximate surface area is 112 Å². The van der Waals surface area contributed by atoms with Crippen LogP contribution in [0.3, 0.4) is 0 Å². The number of non-ortho nitro benzene ring substituents is 1. The number of rotatable bonds is 2. The molecule has 3 amide bonds. The fourth-order valence-corrected chi connectivity index (χ4v) is 1.77. The van der Waals surface area contributed by atoms with Gasteiger partial charge in [-0.1, -0.05) is 11.6 Å². The van der Waals surface area contributed by atoms with E-state index >= 15 is 0 Å². The number of hydrazine groups is 1. The van der Waals surface area contributed by atoms with Gasteiger partial charge < -0.3 is 0 Å². The molecule has 0 aromatic heterocycles. The number of imide groups is 1. The van der Waals surface area contributed by atoms with Gasteiger partial charge in [0, 0.05) is 19.2 Å². The molecule has 0 unspecified atom stereocenters. The minimum atomic E-state index is -0.626. The van der Waals surface area contributed by atoms with Gasteiger partial charge in [-0.2, -0.15) is 0 Å². The van der Waals surface area contributed by atoms with E-state index in [2.05, 4.69) is 5.43 Å². The van der Waals surface area contributed by atoms with Gasteiger partial charge in [0.25, 0.3) is 11.6 Å². The highest BCUT2D eigenvalue weighted by atomic mass is 35.5. The molecule has 1 fully saturated rings. The lowest BCUT2D eigenvalue weighted by atomic mass is 10.2. The Morgan fingerprint density at radius 2 is 2.11 bits per heavy atom. The number of nitrogens with zero attached hydrogens (tertiary/aromatic N) is 3. The molecular weight excluding hydrogens is 276 g/mol. The van der Waals surface area contributed by atoms with Crippen molar-refractivity contribution in [2.75, 3.05) is 18.6 Å². The van der Waals surface area contributed by atoms with Crippen LogP contribution in [0.4, 0.5) is 16.2 Å². The maximum atomic E-state index is 11.6. The van der Waals surface area contributed by atoms with E-state index in [4.69, 9.17) is 11.6 Å². The first-order chi connectivity index (χ1) is 8.90. The predicted octanol–water partition coefficient (Wildman–Crippen LogP) is 1.15. The van der Waals surface area contributed by atoms with Crippen molar-refractivity contribution in [1.82, 2.24) is 10.3 Å². The van der Waals surface area contributed by atoms with Crippen LogP contribution in [-0.2, 0) is 4.79 Å². The third-order valence-electron chi connectivity index (χ3n) is 2.63. The molecule has 8 nitrogen and oxygen atoms in total. The molecule has 19 heavy (non-hydrogen) atoms. The number of halogens is 1. The number of likely N-dealkylation sites (N-methyl/N-ethyl adjacent to an activating group) is 1. The normalized spacial score (nSPS) is 15.5. The molecule has 1 aromatic rings. The van der Waals surface area contributed by atoms with Crippen LogP contribution in [0.15, 0.2) is 18.2 Å². The first-order valence-corrected chi connectivity index (χ1v) is 5.56. The van der Waals surface area contributed by atoms with E-state index in [0.29, 0.717) is 0 Å². The summed E-state index contributed by atoms with van der Waals surface area (Å²) in [5.41, 5.74) is 2.43. The van der Waals surface area contributed by atoms with Crippen LogP contribution >= 0.6 is 11.6 Å². The minimum Gasteiger partial charge on any atom is -0.273 e. The number of nitro groups is 1. The van der Waals surface area contributed by atoms with Crippen molar-refractivity contribution < 1.29 is 14.5 Å². The van der Waals surface area contributed by atoms with Crippen molar-refractivity contribution in [3.05, 3.63) is 33.3 Å². The number of carbonyl (C=O) groups excluding carboxylic acids is 2. The second kappa shape index (κ2) is 4.73. The molecule has 0 atom stereocenters. The molecule has 0 saturated carbocycles. The number of hydrogen-bond acceptors (Lipinski definition) is 5. The molecule has 1 N–H and O–H groups in total. The van der Waals surface area contributed by atoms with Gasteiger partial charge in [0.2, 0.25) is 0 Å². The summed E-state index contributed by atoms with van der Waals surface area (Å²) in [5, 5.41) is 12.1. The molecule has 100 valence electrons. The Morgan fingerprint density at radius 1 is 1.42 bits per heavy atom. The zero-order chi connectivity index (χ0) is 14.2. The predicted molar refractivity (Wildman–Crippen MR) is 66.8 cm³/mol. The Morgan fingerprint density at radius 3 is 2.68 bits per heavy atom. The minimum absolute atomic E-state index is 0.150. The molecule has 1 aliphatic rings. The quantitative estimate of drug-likeness (QED) is 0.649. The van der Waals surface area contributed by atoms with Crippen molar-refractivity contribution in [1.29, 1.82) is 0 Å². The number of nitro benzene ring substituents is 1. The van der Waals surface area contributed by atoms with Crippen LogP contribution in [-0.4, -0.2) is 35.4 Å². The second-order valence-electron chi connectivity index (χ2n) is 3.85. The van der Waals surface area contributed by atoms with Gasteiger partial charge in [0.1, 0.15) is 6.54 Å². The molecule has 1 heterocycles. The highest BCUT2D eigenvalue weighted by molar-refractivity contribution is 6.33. The number of hydrogen-bond donors (Lipinski definition) is 1. The third kappa shape index (κ3) is 2.43. The fourth-order valence-electron chi connectivity index (χ4n) is 1.55. The highest BCUT2D eigenvalue weighted by Gasteiger charge is 2.29. The summed E-state index contributed by atoms with van der Waals surface area (Å²) in [7, 11) is 1.34. The van der Waals surface area contributed by atoms with E-state index in [9.17, 15) is 19.7 Å². The molecule has 0 bridgehead atoms. The molecule has 0 spiro atoms. The van der Waals surface area contributed by atoms with Crippen LogP contribution in [0.25, 0.3) is 0 Å². The number of amides is 3. The van der Waals surface area contributed by atoms with Gasteiger partial charge in [-0.3, -0.25) is 24.8 Å². The van der Waals surface area contributed by atoms with Crippen LogP contribution < -0.4 is 10.4 Å². The summed E-state index contributed by atoms with van der Waals surface area (Å²) in [6, 6.07) is 3.15. The van der Waals surface area contributed by atoms with Crippen LogP contribution in [0.5, 0.6) is 0 Å². The zero-order valence-corrected chi connectivity index (χ0v) is 10.5. The third-order valence-corrected chi connectivity index (χ3v) is 2.95. The molecule has 0 aliphatic carbocycles. The van der Waals surface area contributed by atoms with E-state index < -0.39 is 16.9 Å². The topological polar surface area (TPSA) is 95.8 Å². The fraction of sp³-hybridized carbons (Fsp3) is 0.200. The summed E-state index contributed by atoms with van der Waals surface area (Å²) in [5.74, 6) is -0.439. The number of anilines is 1. The van der Waals surface area contributed by atoms with Crippen molar-refractivity contribution >= 4 is 34.9 Å². The maximum absolute atomic E-state index is 11.6. The Balaban J connectivity index is 2.36. The lowest BCUT2D eigenvalue weighted by Gasteiger charge is -2.33. The number of carbonyl (C=O) groups is 2. The van der Waals surface area contributed by atoms with Gasteiger partial charge in [0.15, 0.2) is 0 Å². The lowest BCUT2D eigenvalue weighted by molar-refractivity contribution is -0.384. The van der Waals surface area contributed by atoms with Crippen LogP contribution in [0, 0.1) is 10.1 Å². The first-order valence-electron chi connectivity index (χ1n) is 5.19. The molecule has 1 aliphatic heterocycles. The summed E-state index contributed by atoms with van der Waals surface area (Å²) >= 11 is 5.93. The summed E-state index contributed by atoms with van der Waals surface area (Å²) in [6.45, 7) is -0.150. The van der Waals surface area contributed by atoms with Crippen molar-refractivity contribution in [3.63, 3.8) is 0 Å². The Kier molecular flexibility index (Phi) is 3.26. The van der Waals surface area contributed by atoms with Gasteiger partial charge in [0.05, 0.1) is 15.6 Å². The van der Waals surface area contributed by atoms with Gasteiger partial charge in [-0.15, -0.1) is 0 Å². The Bertz CT molecular complexity index is 559. The molecule has 1 saturated heterocycles. The summed E-state index contributed by atoms with van der Waals surface area (Å²) < 4.78 is 0. The maximum Gasteiger partial charge on any atom is 0.342 e. The Hall–Kier alpha value is -2.35. The van der Waals surface area contributed by atoms with E-state index in [1.165, 1.54) is 30.3 Å². The standard InChI is InChI=1S/C10H9ClN4O4/c1-13-9(16)5-14(12-10(13)17)8-4-6(15(18)19)2-3-7(8)11/h2-4H,5H2,1H3,(H,12,17). The number of nitrogens with one attached hydrogen (secondary N) is 1. The number of urea groups is 1.